The summed E-state index contributed by atoms with van der Waals surface area (Å²) in [5.41, 5.74) is 2.20. The second kappa shape index (κ2) is 12.7. The molecule has 2 unspecified atom stereocenters. The van der Waals surface area contributed by atoms with E-state index in [1.807, 2.05) is 12.1 Å². The van der Waals surface area contributed by atoms with Gasteiger partial charge in [0.15, 0.2) is 24.5 Å². The number of carbonyl (C=O) groups is 4. The molecule has 11 nitrogen and oxygen atoms in total. The lowest BCUT2D eigenvalue weighted by molar-refractivity contribution is -0.267. The molecule has 1 aliphatic heterocycles. The Hall–Kier alpha value is -4.29. The molecule has 5 rings (SSSR count). The largest absolute Gasteiger partial charge is 0.463 e. The van der Waals surface area contributed by atoms with Crippen LogP contribution in [0, 0.1) is 5.82 Å². The highest BCUT2D eigenvalue weighted by molar-refractivity contribution is 5.85. The molecule has 0 bridgehead atoms. The Kier molecular flexibility index (Phi) is 9.02. The topological polar surface area (TPSA) is 140 Å². The number of aliphatic hydroxyl groups excluding tert-OH is 1. The molecule has 1 saturated carbocycles. The van der Waals surface area contributed by atoms with Crippen LogP contribution in [0.4, 0.5) is 4.39 Å². The van der Waals surface area contributed by atoms with Crippen LogP contribution in [0.1, 0.15) is 75.5 Å². The number of hydrogen-bond donors (Lipinski definition) is 1. The van der Waals surface area contributed by atoms with Crippen molar-refractivity contribution < 1.29 is 52.4 Å². The molecule has 2 aromatic carbocycles. The third kappa shape index (κ3) is 6.61. The highest BCUT2D eigenvalue weighted by Gasteiger charge is 2.53. The monoisotopic (exact) mass is 611 g/mol. The summed E-state index contributed by atoms with van der Waals surface area (Å²) < 4.78 is 45.0. The van der Waals surface area contributed by atoms with Crippen molar-refractivity contribution in [3.05, 3.63) is 71.2 Å². The molecule has 1 aliphatic carbocycles. The van der Waals surface area contributed by atoms with Crippen molar-refractivity contribution in [2.75, 3.05) is 6.61 Å². The van der Waals surface area contributed by atoms with Gasteiger partial charge in [-0.25, -0.2) is 4.39 Å². The summed E-state index contributed by atoms with van der Waals surface area (Å²) in [6.07, 6.45) is -4.18. The zero-order valence-corrected chi connectivity index (χ0v) is 24.7. The Morgan fingerprint density at radius 2 is 1.50 bits per heavy atom. The van der Waals surface area contributed by atoms with Gasteiger partial charge in [0.25, 0.3) is 0 Å². The summed E-state index contributed by atoms with van der Waals surface area (Å²) in [4.78, 5) is 48.4. The van der Waals surface area contributed by atoms with E-state index in [-0.39, 0.29) is 16.5 Å². The highest BCUT2D eigenvalue weighted by Crippen LogP contribution is 2.42. The maximum Gasteiger partial charge on any atom is 0.303 e. The first-order chi connectivity index (χ1) is 20.9. The molecule has 6 atom stereocenters. The number of halogens is 1. The second-order valence-electron chi connectivity index (χ2n) is 11.1. The maximum absolute atomic E-state index is 15.5. The van der Waals surface area contributed by atoms with Crippen LogP contribution in [0.3, 0.4) is 0 Å². The molecule has 2 heterocycles. The number of ether oxygens (including phenoxy) is 5. The normalized spacial score (nSPS) is 23.9. The molecule has 0 radical (unpaired) electrons. The van der Waals surface area contributed by atoms with Gasteiger partial charge in [-0.2, -0.15) is 0 Å². The van der Waals surface area contributed by atoms with Crippen LogP contribution < -0.4 is 0 Å². The van der Waals surface area contributed by atoms with Crippen molar-refractivity contribution in [3.63, 3.8) is 0 Å². The van der Waals surface area contributed by atoms with Crippen LogP contribution in [0.25, 0.3) is 10.9 Å². The van der Waals surface area contributed by atoms with Gasteiger partial charge in [0, 0.05) is 44.8 Å². The first-order valence-electron chi connectivity index (χ1n) is 14.3. The minimum Gasteiger partial charge on any atom is -0.463 e. The van der Waals surface area contributed by atoms with Gasteiger partial charge in [-0.1, -0.05) is 30.3 Å². The molecular weight excluding hydrogens is 577 g/mol. The third-order valence-corrected chi connectivity index (χ3v) is 7.67. The van der Waals surface area contributed by atoms with E-state index >= 15 is 4.39 Å². The Balaban J connectivity index is 1.63. The van der Waals surface area contributed by atoms with Gasteiger partial charge in [-0.3, -0.25) is 19.2 Å². The van der Waals surface area contributed by atoms with Gasteiger partial charge in [0.05, 0.1) is 5.52 Å². The minimum absolute atomic E-state index is 0.0964. The number of aromatic nitrogens is 1. The van der Waals surface area contributed by atoms with E-state index in [2.05, 4.69) is 0 Å². The minimum atomic E-state index is -1.41. The van der Waals surface area contributed by atoms with E-state index in [0.717, 1.165) is 33.6 Å². The summed E-state index contributed by atoms with van der Waals surface area (Å²) in [6, 6.07) is 11.8. The van der Waals surface area contributed by atoms with Crippen LogP contribution in [-0.4, -0.2) is 64.6 Å². The molecule has 2 aliphatic rings. The van der Waals surface area contributed by atoms with Crippen LogP contribution >= 0.6 is 0 Å². The summed E-state index contributed by atoms with van der Waals surface area (Å²) in [5, 5.41) is 11.6. The Morgan fingerprint density at radius 1 is 0.886 bits per heavy atom. The first kappa shape index (κ1) is 31.1. The van der Waals surface area contributed by atoms with Crippen LogP contribution in [0.2, 0.25) is 0 Å². The number of fused-ring (bicyclic) bond motifs is 1. The fourth-order valence-corrected chi connectivity index (χ4v) is 5.69. The number of benzene rings is 2. The predicted octanol–water partition coefficient (Wildman–Crippen LogP) is 4.00. The maximum atomic E-state index is 15.5. The SMILES string of the molecule is CC(=O)OC[C@H]1OC(n2cc(C(O)c3ccc(C4CC4)cc3)c3c(F)cccc32)[C@H](OC(C)=O)[C@@H](OC(C)=O)[C@@H]1OC(C)=O. The van der Waals surface area contributed by atoms with E-state index in [1.54, 1.807) is 18.2 Å². The van der Waals surface area contributed by atoms with Gasteiger partial charge in [0.1, 0.15) is 24.6 Å². The lowest BCUT2D eigenvalue weighted by Crippen LogP contribution is -2.60. The smallest absolute Gasteiger partial charge is 0.303 e. The number of hydrogen-bond acceptors (Lipinski definition) is 10. The van der Waals surface area contributed by atoms with Crippen molar-refractivity contribution >= 4 is 34.8 Å². The third-order valence-electron chi connectivity index (χ3n) is 7.67. The number of aliphatic hydroxyl groups is 1. The van der Waals surface area contributed by atoms with Crippen molar-refractivity contribution in [2.45, 2.75) is 83.2 Å². The molecule has 2 fully saturated rings. The zero-order valence-electron chi connectivity index (χ0n) is 24.7. The standard InChI is InChI=1S/C32H34FNO10/c1-16(35)40-15-26-29(41-17(2)36)30(42-18(3)37)31(43-19(4)38)32(44-26)34-14-23(27-24(33)6-5-7-25(27)34)28(39)22-12-10-21(11-13-22)20-8-9-20/h5-7,10-14,20,26,28-32,39H,8-9,15H2,1-4H3/t26-,28?,29-,30+,31-,32?/m1/s1. The predicted molar refractivity (Wildman–Crippen MR) is 152 cm³/mol. The molecular formula is C32H34FNO10. The van der Waals surface area contributed by atoms with Gasteiger partial charge in [-0.05, 0) is 42.0 Å². The van der Waals surface area contributed by atoms with Crippen molar-refractivity contribution in [3.8, 4) is 0 Å². The zero-order chi connectivity index (χ0) is 31.7. The van der Waals surface area contributed by atoms with E-state index < -0.39 is 73.0 Å². The molecule has 1 saturated heterocycles. The summed E-state index contributed by atoms with van der Waals surface area (Å²) >= 11 is 0. The van der Waals surface area contributed by atoms with Crippen molar-refractivity contribution in [1.82, 2.24) is 4.57 Å². The molecule has 1 aromatic heterocycles. The van der Waals surface area contributed by atoms with Crippen LogP contribution in [0.5, 0.6) is 0 Å². The van der Waals surface area contributed by atoms with Crippen molar-refractivity contribution in [2.24, 2.45) is 0 Å². The number of carbonyl (C=O) groups excluding carboxylic acids is 4. The quantitative estimate of drug-likeness (QED) is 0.279. The molecule has 1 N–H and O–H groups in total. The van der Waals surface area contributed by atoms with Crippen LogP contribution in [0.15, 0.2) is 48.7 Å². The fourth-order valence-electron chi connectivity index (χ4n) is 5.69. The summed E-state index contributed by atoms with van der Waals surface area (Å²) in [5.74, 6) is -3.04. The lowest BCUT2D eigenvalue weighted by atomic mass is 9.97. The lowest BCUT2D eigenvalue weighted by Gasteiger charge is -2.44. The van der Waals surface area contributed by atoms with Crippen molar-refractivity contribution in [1.29, 1.82) is 0 Å². The van der Waals surface area contributed by atoms with Gasteiger partial charge in [0.2, 0.25) is 0 Å². The highest BCUT2D eigenvalue weighted by atomic mass is 19.1. The Morgan fingerprint density at radius 3 is 2.09 bits per heavy atom. The molecule has 3 aromatic rings. The second-order valence-corrected chi connectivity index (χ2v) is 11.1. The van der Waals surface area contributed by atoms with E-state index in [4.69, 9.17) is 23.7 Å². The van der Waals surface area contributed by atoms with Gasteiger partial charge >= 0.3 is 23.9 Å². The molecule has 0 spiro atoms. The number of esters is 4. The van der Waals surface area contributed by atoms with Gasteiger partial charge in [-0.15, -0.1) is 0 Å². The van der Waals surface area contributed by atoms with Gasteiger partial charge < -0.3 is 33.4 Å². The number of nitrogens with zero attached hydrogens (tertiary/aromatic N) is 1. The first-order valence-corrected chi connectivity index (χ1v) is 14.3. The van der Waals surface area contributed by atoms with E-state index in [9.17, 15) is 24.3 Å². The summed E-state index contributed by atoms with van der Waals surface area (Å²) in [6.45, 7) is 4.17. The average Bonchev–Trinajstić information content (AvgIpc) is 3.74. The van der Waals surface area contributed by atoms with E-state index in [1.165, 1.54) is 35.4 Å². The Labute approximate surface area is 252 Å². The van der Waals surface area contributed by atoms with Crippen LogP contribution in [-0.2, 0) is 42.9 Å². The Bertz CT molecular complexity index is 1560. The molecule has 12 heteroatoms. The fraction of sp³-hybridized carbons (Fsp3) is 0.438. The summed E-state index contributed by atoms with van der Waals surface area (Å²) in [7, 11) is 0. The average molecular weight is 612 g/mol. The number of rotatable bonds is 9. The van der Waals surface area contributed by atoms with E-state index in [0.29, 0.717) is 11.5 Å². The molecule has 234 valence electrons. The molecule has 0 amide bonds. The molecule has 44 heavy (non-hydrogen) atoms.